The Balaban J connectivity index is 1.84. The first-order chi connectivity index (χ1) is 11.1. The minimum absolute atomic E-state index is 0.106. The number of nitrogens with zero attached hydrogens (tertiary/aromatic N) is 1. The number of carbonyl (C=O) groups is 1. The Bertz CT molecular complexity index is 717. The van der Waals surface area contributed by atoms with E-state index in [1.807, 2.05) is 31.2 Å². The SMILES string of the molecule is COc1ccc(C=NNC(=O)COc2ccccc2C)cc1Cl. The van der Waals surface area contributed by atoms with Gasteiger partial charge in [0.1, 0.15) is 11.5 Å². The molecule has 0 aliphatic heterocycles. The van der Waals surface area contributed by atoms with Gasteiger partial charge in [0.15, 0.2) is 6.61 Å². The lowest BCUT2D eigenvalue weighted by molar-refractivity contribution is -0.123. The normalized spacial score (nSPS) is 10.6. The maximum absolute atomic E-state index is 11.7. The van der Waals surface area contributed by atoms with Gasteiger partial charge in [0.2, 0.25) is 0 Å². The van der Waals surface area contributed by atoms with Crippen LogP contribution in [0.5, 0.6) is 11.5 Å². The number of hydrogen-bond donors (Lipinski definition) is 1. The van der Waals surface area contributed by atoms with Crippen LogP contribution in [0.15, 0.2) is 47.6 Å². The summed E-state index contributed by atoms with van der Waals surface area (Å²) in [5, 5.41) is 4.35. The number of rotatable bonds is 6. The van der Waals surface area contributed by atoms with Crippen LogP contribution < -0.4 is 14.9 Å². The minimum Gasteiger partial charge on any atom is -0.495 e. The van der Waals surface area contributed by atoms with Crippen molar-refractivity contribution in [2.75, 3.05) is 13.7 Å². The molecule has 0 radical (unpaired) electrons. The van der Waals surface area contributed by atoms with Crippen molar-refractivity contribution >= 4 is 23.7 Å². The second-order valence-corrected chi connectivity index (χ2v) is 5.15. The molecule has 1 amide bonds. The summed E-state index contributed by atoms with van der Waals surface area (Å²) in [6.07, 6.45) is 1.50. The summed E-state index contributed by atoms with van der Waals surface area (Å²) < 4.78 is 10.5. The van der Waals surface area contributed by atoms with Crippen molar-refractivity contribution in [3.63, 3.8) is 0 Å². The zero-order valence-electron chi connectivity index (χ0n) is 12.9. The van der Waals surface area contributed by atoms with Gasteiger partial charge >= 0.3 is 0 Å². The summed E-state index contributed by atoms with van der Waals surface area (Å²) in [4.78, 5) is 11.7. The van der Waals surface area contributed by atoms with E-state index in [9.17, 15) is 4.79 Å². The predicted molar refractivity (Wildman–Crippen MR) is 90.4 cm³/mol. The molecule has 0 spiro atoms. The van der Waals surface area contributed by atoms with Crippen LogP contribution >= 0.6 is 11.6 Å². The maximum atomic E-state index is 11.7. The number of halogens is 1. The first-order valence-electron chi connectivity index (χ1n) is 6.94. The molecule has 0 aliphatic carbocycles. The fourth-order valence-electron chi connectivity index (χ4n) is 1.84. The first-order valence-corrected chi connectivity index (χ1v) is 7.32. The molecule has 6 heteroatoms. The second-order valence-electron chi connectivity index (χ2n) is 4.74. The molecule has 0 fully saturated rings. The van der Waals surface area contributed by atoms with Gasteiger partial charge in [-0.1, -0.05) is 29.8 Å². The molecule has 5 nitrogen and oxygen atoms in total. The third-order valence-electron chi connectivity index (χ3n) is 3.03. The molecule has 120 valence electrons. The molecule has 1 N–H and O–H groups in total. The molecular formula is C17H17ClN2O3. The van der Waals surface area contributed by atoms with Gasteiger partial charge in [-0.3, -0.25) is 4.79 Å². The van der Waals surface area contributed by atoms with Gasteiger partial charge in [-0.25, -0.2) is 5.43 Å². The molecule has 0 aliphatic rings. The number of nitrogens with one attached hydrogen (secondary N) is 1. The van der Waals surface area contributed by atoms with E-state index in [0.717, 1.165) is 11.1 Å². The first kappa shape index (κ1) is 16.8. The Hall–Kier alpha value is -2.53. The number of amides is 1. The Morgan fingerprint density at radius 1 is 1.26 bits per heavy atom. The molecule has 0 atom stereocenters. The number of ether oxygens (including phenoxy) is 2. The van der Waals surface area contributed by atoms with E-state index in [1.165, 1.54) is 6.21 Å². The fourth-order valence-corrected chi connectivity index (χ4v) is 2.10. The highest BCUT2D eigenvalue weighted by Crippen LogP contribution is 2.24. The number of hydrazone groups is 1. The molecular weight excluding hydrogens is 316 g/mol. The summed E-state index contributed by atoms with van der Waals surface area (Å²) in [5.41, 5.74) is 4.12. The van der Waals surface area contributed by atoms with Gasteiger partial charge in [0, 0.05) is 0 Å². The van der Waals surface area contributed by atoms with Gasteiger partial charge < -0.3 is 9.47 Å². The molecule has 0 unspecified atom stereocenters. The molecule has 2 rings (SSSR count). The van der Waals surface area contributed by atoms with Crippen LogP contribution in [-0.4, -0.2) is 25.8 Å². The Kier molecular flexibility index (Phi) is 6.00. The zero-order valence-corrected chi connectivity index (χ0v) is 13.6. The molecule has 0 saturated carbocycles. The highest BCUT2D eigenvalue weighted by atomic mass is 35.5. The molecule has 0 heterocycles. The Morgan fingerprint density at radius 3 is 2.74 bits per heavy atom. The average molecular weight is 333 g/mol. The average Bonchev–Trinajstić information content (AvgIpc) is 2.54. The van der Waals surface area contributed by atoms with Crippen LogP contribution in [0, 0.1) is 6.92 Å². The standard InChI is InChI=1S/C17H17ClN2O3/c1-12-5-3-4-6-15(12)23-11-17(21)20-19-10-13-7-8-16(22-2)14(18)9-13/h3-10H,11H2,1-2H3,(H,20,21). The van der Waals surface area contributed by atoms with Crippen molar-refractivity contribution in [1.29, 1.82) is 0 Å². The van der Waals surface area contributed by atoms with Gasteiger partial charge in [0.05, 0.1) is 18.3 Å². The van der Waals surface area contributed by atoms with E-state index < -0.39 is 0 Å². The smallest absolute Gasteiger partial charge is 0.277 e. The maximum Gasteiger partial charge on any atom is 0.277 e. The summed E-state index contributed by atoms with van der Waals surface area (Å²) >= 11 is 6.01. The van der Waals surface area contributed by atoms with Crippen LogP contribution in [0.25, 0.3) is 0 Å². The monoisotopic (exact) mass is 332 g/mol. The van der Waals surface area contributed by atoms with Crippen molar-refractivity contribution in [1.82, 2.24) is 5.43 Å². The highest BCUT2D eigenvalue weighted by Gasteiger charge is 2.03. The van der Waals surface area contributed by atoms with E-state index in [4.69, 9.17) is 21.1 Å². The van der Waals surface area contributed by atoms with Crippen LogP contribution in [0.2, 0.25) is 5.02 Å². The number of para-hydroxylation sites is 1. The Morgan fingerprint density at radius 2 is 2.04 bits per heavy atom. The summed E-state index contributed by atoms with van der Waals surface area (Å²) in [6.45, 7) is 1.81. The van der Waals surface area contributed by atoms with E-state index in [2.05, 4.69) is 10.5 Å². The lowest BCUT2D eigenvalue weighted by atomic mass is 10.2. The van der Waals surface area contributed by atoms with Gasteiger partial charge in [-0.2, -0.15) is 5.10 Å². The number of methoxy groups -OCH3 is 1. The summed E-state index contributed by atoms with van der Waals surface area (Å²) in [6, 6.07) is 12.7. The molecule has 0 aromatic heterocycles. The zero-order chi connectivity index (χ0) is 16.7. The molecule has 0 saturated heterocycles. The molecule has 2 aromatic rings. The van der Waals surface area contributed by atoms with E-state index >= 15 is 0 Å². The Labute approximate surface area is 139 Å². The molecule has 23 heavy (non-hydrogen) atoms. The predicted octanol–water partition coefficient (Wildman–Crippen LogP) is 3.19. The molecule has 2 aromatic carbocycles. The van der Waals surface area contributed by atoms with Crippen LogP contribution in [0.1, 0.15) is 11.1 Å². The molecule has 0 bridgehead atoms. The van der Waals surface area contributed by atoms with Gasteiger partial charge in [-0.15, -0.1) is 0 Å². The largest absolute Gasteiger partial charge is 0.495 e. The lowest BCUT2D eigenvalue weighted by Crippen LogP contribution is -2.24. The summed E-state index contributed by atoms with van der Waals surface area (Å²) in [5.74, 6) is 0.914. The quantitative estimate of drug-likeness (QED) is 0.653. The van der Waals surface area contributed by atoms with Gasteiger partial charge in [0.25, 0.3) is 5.91 Å². The van der Waals surface area contributed by atoms with Crippen LogP contribution in [-0.2, 0) is 4.79 Å². The number of aryl methyl sites for hydroxylation is 1. The van der Waals surface area contributed by atoms with Gasteiger partial charge in [-0.05, 0) is 42.3 Å². The lowest BCUT2D eigenvalue weighted by Gasteiger charge is -2.07. The number of carbonyl (C=O) groups excluding carboxylic acids is 1. The third kappa shape index (κ3) is 5.00. The number of benzene rings is 2. The topological polar surface area (TPSA) is 59.9 Å². The van der Waals surface area contributed by atoms with Crippen molar-refractivity contribution in [3.05, 3.63) is 58.6 Å². The van der Waals surface area contributed by atoms with Crippen LogP contribution in [0.3, 0.4) is 0 Å². The minimum atomic E-state index is -0.343. The van der Waals surface area contributed by atoms with E-state index in [0.29, 0.717) is 16.5 Å². The third-order valence-corrected chi connectivity index (χ3v) is 3.33. The van der Waals surface area contributed by atoms with Crippen molar-refractivity contribution in [3.8, 4) is 11.5 Å². The second kappa shape index (κ2) is 8.19. The fraction of sp³-hybridized carbons (Fsp3) is 0.176. The van der Waals surface area contributed by atoms with Crippen molar-refractivity contribution < 1.29 is 14.3 Å². The van der Waals surface area contributed by atoms with Crippen molar-refractivity contribution in [2.24, 2.45) is 5.10 Å². The number of hydrogen-bond acceptors (Lipinski definition) is 4. The summed E-state index contributed by atoms with van der Waals surface area (Å²) in [7, 11) is 1.55. The van der Waals surface area contributed by atoms with Crippen molar-refractivity contribution in [2.45, 2.75) is 6.92 Å². The van der Waals surface area contributed by atoms with Crippen LogP contribution in [0.4, 0.5) is 0 Å². The highest BCUT2D eigenvalue weighted by molar-refractivity contribution is 6.32. The van der Waals surface area contributed by atoms with E-state index in [1.54, 1.807) is 25.3 Å². The van der Waals surface area contributed by atoms with E-state index in [-0.39, 0.29) is 12.5 Å².